The van der Waals surface area contributed by atoms with Crippen LogP contribution in [0.25, 0.3) is 28.3 Å². The number of aryl methyl sites for hydroxylation is 1. The zero-order valence-electron chi connectivity index (χ0n) is 14.6. The van der Waals surface area contributed by atoms with Gasteiger partial charge in [0.05, 0.1) is 37.1 Å². The molecule has 1 N–H and O–H groups in total. The lowest BCUT2D eigenvalue weighted by Crippen LogP contribution is -1.98. The summed E-state index contributed by atoms with van der Waals surface area (Å²) in [4.78, 5) is 0. The van der Waals surface area contributed by atoms with Crippen molar-refractivity contribution in [3.63, 3.8) is 0 Å². The van der Waals surface area contributed by atoms with Crippen LogP contribution in [0.4, 0.5) is 0 Å². The van der Waals surface area contributed by atoms with E-state index in [9.17, 15) is 5.11 Å². The summed E-state index contributed by atoms with van der Waals surface area (Å²) in [6.07, 6.45) is 2.80. The molecule has 6 nitrogen and oxygen atoms in total. The summed E-state index contributed by atoms with van der Waals surface area (Å²) < 4.78 is 16.6. The van der Waals surface area contributed by atoms with Gasteiger partial charge in [-0.05, 0) is 38.1 Å². The van der Waals surface area contributed by atoms with E-state index in [1.165, 1.54) is 0 Å². The van der Waals surface area contributed by atoms with Gasteiger partial charge in [0.25, 0.3) is 0 Å². The van der Waals surface area contributed by atoms with Crippen molar-refractivity contribution in [3.05, 3.63) is 41.8 Å². The van der Waals surface area contributed by atoms with Crippen molar-refractivity contribution in [2.75, 3.05) is 14.2 Å². The molecule has 0 aliphatic rings. The van der Waals surface area contributed by atoms with Gasteiger partial charge in [-0.25, -0.2) is 0 Å². The quantitative estimate of drug-likeness (QED) is 0.764. The highest BCUT2D eigenvalue weighted by Crippen LogP contribution is 2.38. The maximum atomic E-state index is 9.55. The van der Waals surface area contributed by atoms with Crippen LogP contribution in [0.5, 0.6) is 11.5 Å². The van der Waals surface area contributed by atoms with Crippen molar-refractivity contribution < 1.29 is 19.0 Å². The van der Waals surface area contributed by atoms with Crippen molar-refractivity contribution in [1.82, 2.24) is 10.2 Å². The Morgan fingerprint density at radius 1 is 1.12 bits per heavy atom. The Morgan fingerprint density at radius 2 is 1.84 bits per heavy atom. The molecule has 0 saturated carbocycles. The fourth-order valence-corrected chi connectivity index (χ4v) is 2.62. The standard InChI is InChI=1S/C19H20N2O4/c1-11(22)5-7-14-19(16-8-6-12(2)25-16)13-9-17(23-3)18(24-4)10-15(13)21-20-14/h5-11,22H,1-4H3/b7-5+. The van der Waals surface area contributed by atoms with E-state index in [0.717, 1.165) is 16.7 Å². The molecule has 0 aliphatic heterocycles. The van der Waals surface area contributed by atoms with Gasteiger partial charge >= 0.3 is 0 Å². The Kier molecular flexibility index (Phi) is 4.72. The van der Waals surface area contributed by atoms with Crippen LogP contribution >= 0.6 is 0 Å². The number of nitrogens with zero attached hydrogens (tertiary/aromatic N) is 2. The molecule has 6 heteroatoms. The van der Waals surface area contributed by atoms with Crippen LogP contribution in [0.1, 0.15) is 18.4 Å². The van der Waals surface area contributed by atoms with Crippen molar-refractivity contribution >= 4 is 17.0 Å². The lowest BCUT2D eigenvalue weighted by molar-refractivity contribution is 0.245. The molecule has 0 spiro atoms. The van der Waals surface area contributed by atoms with Crippen LogP contribution in [-0.2, 0) is 0 Å². The zero-order chi connectivity index (χ0) is 18.0. The maximum Gasteiger partial charge on any atom is 0.162 e. The summed E-state index contributed by atoms with van der Waals surface area (Å²) in [5.74, 6) is 2.65. The number of aliphatic hydroxyl groups is 1. The van der Waals surface area contributed by atoms with E-state index >= 15 is 0 Å². The molecule has 2 aromatic heterocycles. The summed E-state index contributed by atoms with van der Waals surface area (Å²) in [5, 5.41) is 18.9. The predicted molar refractivity (Wildman–Crippen MR) is 95.8 cm³/mol. The highest BCUT2D eigenvalue weighted by Gasteiger charge is 2.17. The third kappa shape index (κ3) is 3.34. The largest absolute Gasteiger partial charge is 0.493 e. The number of fused-ring (bicyclic) bond motifs is 1. The summed E-state index contributed by atoms with van der Waals surface area (Å²) in [5.41, 5.74) is 2.06. The van der Waals surface area contributed by atoms with E-state index in [2.05, 4.69) is 10.2 Å². The normalized spacial score (nSPS) is 12.7. The van der Waals surface area contributed by atoms with E-state index in [0.29, 0.717) is 28.5 Å². The minimum absolute atomic E-state index is 0.582. The third-order valence-electron chi connectivity index (χ3n) is 3.81. The van der Waals surface area contributed by atoms with Gasteiger partial charge in [0.15, 0.2) is 11.5 Å². The smallest absolute Gasteiger partial charge is 0.162 e. The van der Waals surface area contributed by atoms with Crippen LogP contribution in [-0.4, -0.2) is 35.6 Å². The molecule has 0 bridgehead atoms. The number of aliphatic hydroxyl groups excluding tert-OH is 1. The molecule has 0 amide bonds. The fourth-order valence-electron chi connectivity index (χ4n) is 2.62. The second-order valence-electron chi connectivity index (χ2n) is 5.69. The van der Waals surface area contributed by atoms with Gasteiger partial charge in [-0.3, -0.25) is 0 Å². The van der Waals surface area contributed by atoms with Crippen LogP contribution in [0.2, 0.25) is 0 Å². The van der Waals surface area contributed by atoms with E-state index in [4.69, 9.17) is 13.9 Å². The highest BCUT2D eigenvalue weighted by molar-refractivity contribution is 5.97. The number of rotatable bonds is 5. The van der Waals surface area contributed by atoms with Gasteiger partial charge in [0, 0.05) is 11.5 Å². The molecule has 3 aromatic rings. The SMILES string of the molecule is COc1cc2nnc(/C=C/C(C)O)c(-c3ccc(C)o3)c2cc1OC. The molecule has 0 saturated heterocycles. The summed E-state index contributed by atoms with van der Waals surface area (Å²) in [6.45, 7) is 3.56. The Hall–Kier alpha value is -2.86. The molecular weight excluding hydrogens is 320 g/mol. The van der Waals surface area contributed by atoms with E-state index in [1.807, 2.05) is 25.1 Å². The van der Waals surface area contributed by atoms with Crippen LogP contribution < -0.4 is 9.47 Å². The maximum absolute atomic E-state index is 9.55. The predicted octanol–water partition coefficient (Wildman–Crippen LogP) is 3.61. The second kappa shape index (κ2) is 6.94. The molecule has 0 aliphatic carbocycles. The minimum Gasteiger partial charge on any atom is -0.493 e. The monoisotopic (exact) mass is 340 g/mol. The number of hydrogen-bond acceptors (Lipinski definition) is 6. The topological polar surface area (TPSA) is 77.6 Å². The average molecular weight is 340 g/mol. The van der Waals surface area contributed by atoms with E-state index < -0.39 is 6.10 Å². The van der Waals surface area contributed by atoms with Gasteiger partial charge in [0.1, 0.15) is 11.5 Å². The molecule has 1 atom stereocenters. The molecule has 130 valence electrons. The summed E-state index contributed by atoms with van der Waals surface area (Å²) in [6, 6.07) is 7.42. The van der Waals surface area contributed by atoms with Crippen LogP contribution in [0.3, 0.4) is 0 Å². The van der Waals surface area contributed by atoms with Gasteiger partial charge in [-0.1, -0.05) is 6.08 Å². The fraction of sp³-hybridized carbons (Fsp3) is 0.263. The van der Waals surface area contributed by atoms with Crippen molar-refractivity contribution in [2.45, 2.75) is 20.0 Å². The molecule has 1 unspecified atom stereocenters. The summed E-state index contributed by atoms with van der Waals surface area (Å²) >= 11 is 0. The van der Waals surface area contributed by atoms with Crippen molar-refractivity contribution in [3.8, 4) is 22.8 Å². The Morgan fingerprint density at radius 3 is 2.44 bits per heavy atom. The first-order valence-corrected chi connectivity index (χ1v) is 7.89. The highest BCUT2D eigenvalue weighted by atomic mass is 16.5. The first kappa shape index (κ1) is 17.0. The number of ether oxygens (including phenoxy) is 2. The molecule has 2 heterocycles. The third-order valence-corrected chi connectivity index (χ3v) is 3.81. The van der Waals surface area contributed by atoms with Crippen molar-refractivity contribution in [1.29, 1.82) is 0 Å². The molecular formula is C19H20N2O4. The van der Waals surface area contributed by atoms with Gasteiger partial charge < -0.3 is 19.0 Å². The Balaban J connectivity index is 2.32. The van der Waals surface area contributed by atoms with Crippen LogP contribution in [0.15, 0.2) is 34.8 Å². The zero-order valence-corrected chi connectivity index (χ0v) is 14.6. The minimum atomic E-state index is -0.589. The number of benzene rings is 1. The van der Waals surface area contributed by atoms with Gasteiger partial charge in [0.2, 0.25) is 0 Å². The average Bonchev–Trinajstić information content (AvgIpc) is 3.03. The number of methoxy groups -OCH3 is 2. The first-order chi connectivity index (χ1) is 12.0. The molecule has 0 fully saturated rings. The van der Waals surface area contributed by atoms with E-state index in [-0.39, 0.29) is 0 Å². The Labute approximate surface area is 145 Å². The van der Waals surface area contributed by atoms with Crippen LogP contribution in [0, 0.1) is 6.92 Å². The van der Waals surface area contributed by atoms with Gasteiger partial charge in [-0.15, -0.1) is 10.2 Å². The number of aromatic nitrogens is 2. The number of furan rings is 1. The van der Waals surface area contributed by atoms with Crippen molar-refractivity contribution in [2.24, 2.45) is 0 Å². The molecule has 0 radical (unpaired) electrons. The Bertz CT molecular complexity index is 929. The molecule has 1 aromatic carbocycles. The first-order valence-electron chi connectivity index (χ1n) is 7.89. The molecule has 3 rings (SSSR count). The second-order valence-corrected chi connectivity index (χ2v) is 5.69. The lowest BCUT2D eigenvalue weighted by Gasteiger charge is -2.12. The lowest BCUT2D eigenvalue weighted by atomic mass is 10.0. The van der Waals surface area contributed by atoms with E-state index in [1.54, 1.807) is 39.4 Å². The summed E-state index contributed by atoms with van der Waals surface area (Å²) in [7, 11) is 3.16. The molecule has 25 heavy (non-hydrogen) atoms. The van der Waals surface area contributed by atoms with Gasteiger partial charge in [-0.2, -0.15) is 0 Å². The number of hydrogen-bond donors (Lipinski definition) is 1.